The molecule has 0 bridgehead atoms. The summed E-state index contributed by atoms with van der Waals surface area (Å²) < 4.78 is 23.3. The van der Waals surface area contributed by atoms with Crippen LogP contribution in [0.1, 0.15) is 84.6 Å². The van der Waals surface area contributed by atoms with E-state index in [1.54, 1.807) is 18.2 Å². The third-order valence-corrected chi connectivity index (χ3v) is 10.1. The van der Waals surface area contributed by atoms with Crippen LogP contribution in [0.5, 0.6) is 11.5 Å². The van der Waals surface area contributed by atoms with Gasteiger partial charge in [-0.1, -0.05) is 79.4 Å². The van der Waals surface area contributed by atoms with Crippen molar-refractivity contribution >= 4 is 51.8 Å². The first-order valence-corrected chi connectivity index (χ1v) is 21.0. The number of unbranched alkanes of at least 4 members (excludes halogenated alkanes) is 2. The van der Waals surface area contributed by atoms with Gasteiger partial charge >= 0.3 is 17.6 Å². The third-order valence-electron chi connectivity index (χ3n) is 10.1. The lowest BCUT2D eigenvalue weighted by molar-refractivity contribution is -0.393. The Morgan fingerprint density at radius 3 is 1.61 bits per heavy atom. The number of benzene rings is 3. The first kappa shape index (κ1) is 49.8. The van der Waals surface area contributed by atoms with E-state index < -0.39 is 33.2 Å². The maximum Gasteiger partial charge on any atom is 0.330 e. The van der Waals surface area contributed by atoms with Crippen LogP contribution in [0.3, 0.4) is 0 Å². The van der Waals surface area contributed by atoms with E-state index in [1.165, 1.54) is 6.07 Å². The number of nitro groups is 2. The highest BCUT2D eigenvalue weighted by atomic mass is 16.6. The molecule has 0 saturated carbocycles. The summed E-state index contributed by atoms with van der Waals surface area (Å²) in [4.78, 5) is 47.1. The highest BCUT2D eigenvalue weighted by molar-refractivity contribution is 5.81. The van der Waals surface area contributed by atoms with Gasteiger partial charge in [-0.3, -0.25) is 20.2 Å². The lowest BCUT2D eigenvalue weighted by Crippen LogP contribution is -2.32. The van der Waals surface area contributed by atoms with Gasteiger partial charge in [-0.05, 0) is 61.4 Å². The minimum absolute atomic E-state index is 0.0726. The van der Waals surface area contributed by atoms with Gasteiger partial charge in [-0.2, -0.15) is 5.11 Å². The Labute approximate surface area is 363 Å². The van der Waals surface area contributed by atoms with Crippen molar-refractivity contribution in [3.05, 3.63) is 99.6 Å². The summed E-state index contributed by atoms with van der Waals surface area (Å²) in [6, 6.07) is 12.0. The summed E-state index contributed by atoms with van der Waals surface area (Å²) in [5.41, 5.74) is 1.46. The number of nitrogens with zero attached hydrogens (tertiary/aromatic N) is 7. The number of anilines is 1. The Bertz CT molecular complexity index is 2030. The zero-order valence-corrected chi connectivity index (χ0v) is 36.5. The summed E-state index contributed by atoms with van der Waals surface area (Å²) in [6.07, 6.45) is 10.0. The van der Waals surface area contributed by atoms with Crippen LogP contribution in [0.4, 0.5) is 39.8 Å². The molecular formula is C45H59N7O10. The van der Waals surface area contributed by atoms with Gasteiger partial charge in [0.2, 0.25) is 0 Å². The van der Waals surface area contributed by atoms with Crippen LogP contribution in [-0.2, 0) is 19.1 Å². The molecule has 17 nitrogen and oxygen atoms in total. The van der Waals surface area contributed by atoms with Crippen molar-refractivity contribution in [3.63, 3.8) is 0 Å². The predicted octanol–water partition coefficient (Wildman–Crippen LogP) is 12.1. The summed E-state index contributed by atoms with van der Waals surface area (Å²) >= 11 is 0. The van der Waals surface area contributed by atoms with Crippen LogP contribution in [0, 0.1) is 39.0 Å². The van der Waals surface area contributed by atoms with Crippen molar-refractivity contribution in [3.8, 4) is 11.5 Å². The molecule has 0 aliphatic carbocycles. The van der Waals surface area contributed by atoms with Crippen LogP contribution in [0.2, 0.25) is 0 Å². The van der Waals surface area contributed by atoms with Crippen molar-refractivity contribution < 1.29 is 38.4 Å². The van der Waals surface area contributed by atoms with E-state index >= 15 is 0 Å². The molecule has 2 unspecified atom stereocenters. The zero-order valence-electron chi connectivity index (χ0n) is 36.5. The molecule has 0 amide bonds. The molecule has 0 N–H and O–H groups in total. The monoisotopic (exact) mass is 857 g/mol. The number of hydrogen-bond donors (Lipinski definition) is 0. The second kappa shape index (κ2) is 26.6. The fourth-order valence-electron chi connectivity index (χ4n) is 6.16. The molecule has 0 fully saturated rings. The van der Waals surface area contributed by atoms with Crippen LogP contribution in [-0.4, -0.2) is 61.3 Å². The number of nitro benzene ring substituents is 2. The van der Waals surface area contributed by atoms with E-state index in [0.29, 0.717) is 49.2 Å². The molecule has 3 aromatic rings. The van der Waals surface area contributed by atoms with E-state index in [4.69, 9.17) is 18.9 Å². The van der Waals surface area contributed by atoms with Crippen LogP contribution in [0.25, 0.3) is 0 Å². The van der Waals surface area contributed by atoms with Crippen molar-refractivity contribution in [2.24, 2.45) is 32.3 Å². The number of aryl methyl sites for hydroxylation is 1. The number of carbonyl (C=O) groups is 2. The molecule has 0 spiro atoms. The van der Waals surface area contributed by atoms with Crippen molar-refractivity contribution in [1.82, 2.24) is 0 Å². The average molecular weight is 858 g/mol. The summed E-state index contributed by atoms with van der Waals surface area (Å²) in [5, 5.41) is 41.1. The van der Waals surface area contributed by atoms with E-state index in [-0.39, 0.29) is 36.4 Å². The molecule has 17 heteroatoms. The Morgan fingerprint density at radius 1 is 0.694 bits per heavy atom. The Morgan fingerprint density at radius 2 is 1.18 bits per heavy atom. The number of esters is 2. The standard InChI is InChI=1S/C45H59N7O10/c1-8-14-16-33(10-3)30-61-42-29-40(49-47-38-21-19-36(51(55)56)27-41(38)52(57)58)43(62-31-34(11-4)17-15-9-2)28-39(42)48-46-37-20-18-35(26-32(37)7)50(22-24-59-44(53)12-5)23-25-60-45(54)13-6/h12-13,18-21,26-29,33-34H,5-6,8-11,14-17,22-25,30-31H2,1-4,7H3. The van der Waals surface area contributed by atoms with Crippen LogP contribution >= 0.6 is 0 Å². The highest BCUT2D eigenvalue weighted by Gasteiger charge is 2.21. The van der Waals surface area contributed by atoms with Gasteiger partial charge < -0.3 is 23.8 Å². The Balaban J connectivity index is 2.12. The van der Waals surface area contributed by atoms with Crippen molar-refractivity contribution in [2.45, 2.75) is 86.0 Å². The molecule has 3 aromatic carbocycles. The van der Waals surface area contributed by atoms with Gasteiger partial charge in [-0.25, -0.2) is 9.59 Å². The van der Waals surface area contributed by atoms with Crippen molar-refractivity contribution in [1.29, 1.82) is 0 Å². The van der Waals surface area contributed by atoms with Gasteiger partial charge in [0.25, 0.3) is 5.69 Å². The molecule has 334 valence electrons. The number of hydrogen-bond acceptors (Lipinski definition) is 15. The van der Waals surface area contributed by atoms with Gasteiger partial charge in [0.15, 0.2) is 5.69 Å². The summed E-state index contributed by atoms with van der Waals surface area (Å²) in [5.74, 6) is 0.0258. The van der Waals surface area contributed by atoms with Crippen LogP contribution in [0.15, 0.2) is 94.3 Å². The molecule has 3 rings (SSSR count). The normalized spacial score (nSPS) is 12.1. The summed E-state index contributed by atoms with van der Waals surface area (Å²) in [7, 11) is 0. The lowest BCUT2D eigenvalue weighted by Gasteiger charge is -2.25. The maximum absolute atomic E-state index is 11.9. The minimum Gasteiger partial charge on any atom is -0.491 e. The summed E-state index contributed by atoms with van der Waals surface area (Å²) in [6.45, 7) is 18.7. The molecule has 2 atom stereocenters. The average Bonchev–Trinajstić information content (AvgIpc) is 3.27. The van der Waals surface area contributed by atoms with Gasteiger partial charge in [0.05, 0.1) is 47.9 Å². The second-order valence-corrected chi connectivity index (χ2v) is 14.5. The molecular weight excluding hydrogens is 799 g/mol. The molecule has 62 heavy (non-hydrogen) atoms. The largest absolute Gasteiger partial charge is 0.491 e. The number of non-ortho nitro benzene ring substituents is 1. The van der Waals surface area contributed by atoms with Gasteiger partial charge in [-0.15, -0.1) is 15.3 Å². The molecule has 0 saturated heterocycles. The number of carbonyl (C=O) groups excluding carboxylic acids is 2. The number of ether oxygens (including phenoxy) is 4. The van der Waals surface area contributed by atoms with E-state index in [9.17, 15) is 29.8 Å². The topological polar surface area (TPSA) is 210 Å². The number of azo groups is 2. The smallest absolute Gasteiger partial charge is 0.330 e. The quantitative estimate of drug-likeness (QED) is 0.0211. The predicted molar refractivity (Wildman–Crippen MR) is 238 cm³/mol. The van der Waals surface area contributed by atoms with Gasteiger partial charge in [0, 0.05) is 36.0 Å². The second-order valence-electron chi connectivity index (χ2n) is 14.5. The zero-order chi connectivity index (χ0) is 45.4. The molecule has 0 radical (unpaired) electrons. The van der Waals surface area contributed by atoms with Gasteiger partial charge in [0.1, 0.15) is 36.1 Å². The maximum atomic E-state index is 11.9. The first-order valence-electron chi connectivity index (χ1n) is 21.0. The number of rotatable bonds is 29. The molecule has 0 aromatic heterocycles. The van der Waals surface area contributed by atoms with Crippen LogP contribution < -0.4 is 14.4 Å². The molecule has 0 aliphatic rings. The fraction of sp³-hybridized carbons (Fsp3) is 0.467. The fourth-order valence-corrected chi connectivity index (χ4v) is 6.16. The molecule has 0 heterocycles. The highest BCUT2D eigenvalue weighted by Crippen LogP contribution is 2.43. The minimum atomic E-state index is -0.745. The lowest BCUT2D eigenvalue weighted by atomic mass is 10.0. The first-order chi connectivity index (χ1) is 29.9. The van der Waals surface area contributed by atoms with E-state index in [2.05, 4.69) is 61.3 Å². The SMILES string of the molecule is C=CC(=O)OCCN(CCOC(=O)C=C)c1ccc(N=Nc2cc(OCC(CC)CCCC)c(N=Nc3ccc([N+](=O)[O-])cc3[N+](=O)[O-])cc2OCC(CC)CCCC)c(C)c1. The molecule has 0 aliphatic heterocycles. The van der Waals surface area contributed by atoms with E-state index in [0.717, 1.165) is 86.9 Å². The third kappa shape index (κ3) is 16.2. The Hall–Kier alpha value is -6.52. The Kier molecular flexibility index (Phi) is 21.4. The van der Waals surface area contributed by atoms with Crippen molar-refractivity contribution in [2.75, 3.05) is 44.4 Å². The van der Waals surface area contributed by atoms with E-state index in [1.807, 2.05) is 24.0 Å².